The summed E-state index contributed by atoms with van der Waals surface area (Å²) >= 11 is 6.04. The molecule has 2 aromatic rings. The van der Waals surface area contributed by atoms with E-state index in [1.54, 1.807) is 12.1 Å². The van der Waals surface area contributed by atoms with Crippen molar-refractivity contribution in [3.8, 4) is 0 Å². The van der Waals surface area contributed by atoms with Crippen LogP contribution >= 0.6 is 11.6 Å². The summed E-state index contributed by atoms with van der Waals surface area (Å²) in [6.45, 7) is 2.41. The van der Waals surface area contributed by atoms with Crippen LogP contribution in [0.1, 0.15) is 34.3 Å². The van der Waals surface area contributed by atoms with Crippen LogP contribution in [0.25, 0.3) is 0 Å². The maximum absolute atomic E-state index is 11.1. The summed E-state index contributed by atoms with van der Waals surface area (Å²) in [4.78, 5) is 13.4. The van der Waals surface area contributed by atoms with Crippen molar-refractivity contribution in [3.05, 3.63) is 70.2 Å². The number of primary amides is 1. The lowest BCUT2D eigenvalue weighted by molar-refractivity contribution is -0.0277. The van der Waals surface area contributed by atoms with Gasteiger partial charge in [-0.2, -0.15) is 0 Å². The third kappa shape index (κ3) is 3.78. The monoisotopic (exact) mass is 344 g/mol. The summed E-state index contributed by atoms with van der Waals surface area (Å²) in [6, 6.07) is 14.8. The third-order valence-electron chi connectivity index (χ3n) is 4.69. The van der Waals surface area contributed by atoms with Crippen LogP contribution in [-0.2, 0) is 12.1 Å². The van der Waals surface area contributed by atoms with Crippen molar-refractivity contribution < 1.29 is 9.90 Å². The van der Waals surface area contributed by atoms with Crippen molar-refractivity contribution in [2.24, 2.45) is 5.73 Å². The summed E-state index contributed by atoms with van der Waals surface area (Å²) in [5, 5.41) is 11.6. The Morgan fingerprint density at radius 2 is 1.83 bits per heavy atom. The molecule has 3 rings (SSSR count). The second-order valence-electron chi connectivity index (χ2n) is 6.38. The lowest BCUT2D eigenvalue weighted by Gasteiger charge is -2.38. The molecule has 0 atom stereocenters. The second-order valence-corrected chi connectivity index (χ2v) is 6.82. The zero-order valence-electron chi connectivity index (χ0n) is 13.4. The van der Waals surface area contributed by atoms with Gasteiger partial charge in [-0.1, -0.05) is 35.9 Å². The number of aliphatic hydroxyl groups is 1. The Labute approximate surface area is 146 Å². The topological polar surface area (TPSA) is 66.6 Å². The molecule has 24 heavy (non-hydrogen) atoms. The Morgan fingerprint density at radius 3 is 2.42 bits per heavy atom. The number of likely N-dealkylation sites (tertiary alicyclic amines) is 1. The van der Waals surface area contributed by atoms with E-state index in [-0.39, 0.29) is 0 Å². The highest BCUT2D eigenvalue weighted by molar-refractivity contribution is 6.30. The first-order valence-corrected chi connectivity index (χ1v) is 8.44. The summed E-state index contributed by atoms with van der Waals surface area (Å²) < 4.78 is 0. The van der Waals surface area contributed by atoms with Crippen LogP contribution in [-0.4, -0.2) is 29.0 Å². The number of carbonyl (C=O) groups is 1. The van der Waals surface area contributed by atoms with Gasteiger partial charge in [-0.05, 0) is 48.2 Å². The number of nitrogens with two attached hydrogens (primary N) is 1. The fraction of sp³-hybridized carbons (Fsp3) is 0.316. The molecule has 0 unspecified atom stereocenters. The van der Waals surface area contributed by atoms with Crippen LogP contribution in [0, 0.1) is 0 Å². The van der Waals surface area contributed by atoms with Crippen LogP contribution in [0.4, 0.5) is 0 Å². The number of hydrogen-bond acceptors (Lipinski definition) is 3. The molecule has 4 nitrogen and oxygen atoms in total. The standard InChI is InChI=1S/C19H21ClN2O2/c20-17-3-1-2-16(12-17)19(24)8-10-22(11-9-19)13-14-4-6-15(7-5-14)18(21)23/h1-7,12,24H,8-11,13H2,(H2,21,23). The van der Waals surface area contributed by atoms with Gasteiger partial charge in [0.25, 0.3) is 0 Å². The van der Waals surface area contributed by atoms with Crippen molar-refractivity contribution >= 4 is 17.5 Å². The number of amides is 1. The fourth-order valence-electron chi connectivity index (χ4n) is 3.18. The van der Waals surface area contributed by atoms with Gasteiger partial charge in [0.1, 0.15) is 0 Å². The first-order valence-electron chi connectivity index (χ1n) is 8.06. The normalized spacial score (nSPS) is 17.6. The van der Waals surface area contributed by atoms with E-state index in [1.807, 2.05) is 36.4 Å². The van der Waals surface area contributed by atoms with Crippen LogP contribution in [0.5, 0.6) is 0 Å². The molecule has 1 fully saturated rings. The number of rotatable bonds is 4. The van der Waals surface area contributed by atoms with Crippen molar-refractivity contribution in [1.29, 1.82) is 0 Å². The Bertz CT molecular complexity index is 722. The third-order valence-corrected chi connectivity index (χ3v) is 4.92. The average Bonchev–Trinajstić information content (AvgIpc) is 2.58. The van der Waals surface area contributed by atoms with Gasteiger partial charge in [0.2, 0.25) is 5.91 Å². The summed E-state index contributed by atoms with van der Waals surface area (Å²) in [5.41, 5.74) is 6.99. The smallest absolute Gasteiger partial charge is 0.248 e. The number of piperidine rings is 1. The molecular formula is C19H21ClN2O2. The highest BCUT2D eigenvalue weighted by atomic mass is 35.5. The van der Waals surface area contributed by atoms with Gasteiger partial charge in [0, 0.05) is 30.2 Å². The Kier molecular flexibility index (Phi) is 4.90. The Hall–Kier alpha value is -1.88. The lowest BCUT2D eigenvalue weighted by atomic mass is 9.84. The van der Waals surface area contributed by atoms with Gasteiger partial charge in [-0.25, -0.2) is 0 Å². The number of hydrogen-bond donors (Lipinski definition) is 2. The molecule has 0 radical (unpaired) electrons. The molecule has 1 aliphatic heterocycles. The molecule has 0 aromatic heterocycles. The first-order chi connectivity index (χ1) is 11.5. The van der Waals surface area contributed by atoms with Gasteiger partial charge >= 0.3 is 0 Å². The van der Waals surface area contributed by atoms with E-state index >= 15 is 0 Å². The van der Waals surface area contributed by atoms with E-state index in [2.05, 4.69) is 4.90 Å². The minimum Gasteiger partial charge on any atom is -0.385 e. The van der Waals surface area contributed by atoms with Crippen LogP contribution in [0.3, 0.4) is 0 Å². The largest absolute Gasteiger partial charge is 0.385 e. The van der Waals surface area contributed by atoms with Crippen molar-refractivity contribution in [1.82, 2.24) is 4.90 Å². The molecule has 5 heteroatoms. The molecule has 0 aliphatic carbocycles. The maximum Gasteiger partial charge on any atom is 0.248 e. The van der Waals surface area contributed by atoms with Gasteiger partial charge in [-0.15, -0.1) is 0 Å². The molecule has 126 valence electrons. The Balaban J connectivity index is 1.61. The minimum atomic E-state index is -0.808. The maximum atomic E-state index is 11.1. The van der Waals surface area contributed by atoms with Crippen LogP contribution < -0.4 is 5.73 Å². The van der Waals surface area contributed by atoms with Gasteiger partial charge in [0.05, 0.1) is 5.60 Å². The predicted octanol–water partition coefficient (Wildman–Crippen LogP) is 2.92. The molecule has 1 heterocycles. The molecule has 0 saturated carbocycles. The fourth-order valence-corrected chi connectivity index (χ4v) is 3.37. The van der Waals surface area contributed by atoms with Crippen molar-refractivity contribution in [2.45, 2.75) is 25.0 Å². The van der Waals surface area contributed by atoms with E-state index in [9.17, 15) is 9.90 Å². The predicted molar refractivity (Wildman–Crippen MR) is 94.8 cm³/mol. The van der Waals surface area contributed by atoms with Crippen LogP contribution in [0.15, 0.2) is 48.5 Å². The highest BCUT2D eigenvalue weighted by Gasteiger charge is 2.33. The summed E-state index contributed by atoms with van der Waals surface area (Å²) in [5.74, 6) is -0.411. The zero-order valence-corrected chi connectivity index (χ0v) is 14.2. The number of carbonyl (C=O) groups excluding carboxylic acids is 1. The zero-order chi connectivity index (χ0) is 17.2. The summed E-state index contributed by atoms with van der Waals surface area (Å²) in [6.07, 6.45) is 1.35. The molecule has 3 N–H and O–H groups in total. The average molecular weight is 345 g/mol. The summed E-state index contributed by atoms with van der Waals surface area (Å²) in [7, 11) is 0. The van der Waals surface area contributed by atoms with Crippen molar-refractivity contribution in [2.75, 3.05) is 13.1 Å². The van der Waals surface area contributed by atoms with Gasteiger partial charge < -0.3 is 10.8 Å². The molecule has 0 spiro atoms. The van der Waals surface area contributed by atoms with Crippen LogP contribution in [0.2, 0.25) is 5.02 Å². The second kappa shape index (κ2) is 6.93. The Morgan fingerprint density at radius 1 is 1.17 bits per heavy atom. The van der Waals surface area contributed by atoms with E-state index < -0.39 is 11.5 Å². The van der Waals surface area contributed by atoms with Crippen molar-refractivity contribution in [3.63, 3.8) is 0 Å². The molecule has 0 bridgehead atoms. The van der Waals surface area contributed by atoms with E-state index in [0.29, 0.717) is 23.4 Å². The molecule has 2 aromatic carbocycles. The van der Waals surface area contributed by atoms with E-state index in [0.717, 1.165) is 30.8 Å². The number of halogens is 1. The van der Waals surface area contributed by atoms with Gasteiger partial charge in [0.15, 0.2) is 0 Å². The highest BCUT2D eigenvalue weighted by Crippen LogP contribution is 2.34. The SMILES string of the molecule is NC(=O)c1ccc(CN2CCC(O)(c3cccc(Cl)c3)CC2)cc1. The quantitative estimate of drug-likeness (QED) is 0.896. The lowest BCUT2D eigenvalue weighted by Crippen LogP contribution is -2.42. The number of benzene rings is 2. The molecule has 1 saturated heterocycles. The molecule has 1 amide bonds. The van der Waals surface area contributed by atoms with Gasteiger partial charge in [-0.3, -0.25) is 9.69 Å². The minimum absolute atomic E-state index is 0.411. The molecule has 1 aliphatic rings. The molecular weight excluding hydrogens is 324 g/mol. The number of nitrogens with zero attached hydrogens (tertiary/aromatic N) is 1. The van der Waals surface area contributed by atoms with E-state index in [1.165, 1.54) is 0 Å². The van der Waals surface area contributed by atoms with E-state index in [4.69, 9.17) is 17.3 Å². The first kappa shape index (κ1) is 17.0.